The summed E-state index contributed by atoms with van der Waals surface area (Å²) in [5.74, 6) is 0.123. The maximum absolute atomic E-state index is 12.1. The number of likely N-dealkylation sites (N-methyl/N-ethyl adjacent to an activating group) is 1. The molecule has 0 bridgehead atoms. The van der Waals surface area contributed by atoms with E-state index >= 15 is 0 Å². The van der Waals surface area contributed by atoms with Crippen LogP contribution in [0.3, 0.4) is 0 Å². The SMILES string of the molecule is CN(CC(=O)Nc1c(Cl)cccc1Cl)c1ncccc1C#N. The first-order chi connectivity index (χ1) is 10.5. The molecule has 0 fully saturated rings. The van der Waals surface area contributed by atoms with Crippen LogP contribution in [-0.4, -0.2) is 24.5 Å². The molecule has 0 unspecified atom stereocenters. The topological polar surface area (TPSA) is 69.0 Å². The minimum absolute atomic E-state index is 0.00719. The molecule has 0 radical (unpaired) electrons. The third-order valence-electron chi connectivity index (χ3n) is 2.88. The second-order valence-corrected chi connectivity index (χ2v) is 5.30. The van der Waals surface area contributed by atoms with E-state index in [1.165, 1.54) is 0 Å². The highest BCUT2D eigenvalue weighted by Gasteiger charge is 2.14. The summed E-state index contributed by atoms with van der Waals surface area (Å²) in [5, 5.41) is 12.4. The molecule has 5 nitrogen and oxygen atoms in total. The average Bonchev–Trinajstić information content (AvgIpc) is 2.51. The number of amides is 1. The van der Waals surface area contributed by atoms with Gasteiger partial charge in [0.1, 0.15) is 11.9 Å². The van der Waals surface area contributed by atoms with E-state index in [4.69, 9.17) is 28.5 Å². The molecule has 0 spiro atoms. The lowest BCUT2D eigenvalue weighted by Gasteiger charge is -2.19. The van der Waals surface area contributed by atoms with Crippen molar-refractivity contribution in [3.05, 3.63) is 52.1 Å². The molecule has 2 aromatic rings. The molecule has 1 aromatic heterocycles. The minimum atomic E-state index is -0.313. The van der Waals surface area contributed by atoms with Crippen LogP contribution < -0.4 is 10.2 Å². The largest absolute Gasteiger partial charge is 0.349 e. The van der Waals surface area contributed by atoms with E-state index < -0.39 is 0 Å². The average molecular weight is 335 g/mol. The first-order valence-electron chi connectivity index (χ1n) is 6.33. The number of rotatable bonds is 4. The van der Waals surface area contributed by atoms with Crippen LogP contribution in [0.5, 0.6) is 0 Å². The molecule has 0 saturated carbocycles. The van der Waals surface area contributed by atoms with Crippen molar-refractivity contribution < 1.29 is 4.79 Å². The number of halogens is 2. The number of hydrogen-bond acceptors (Lipinski definition) is 4. The van der Waals surface area contributed by atoms with Gasteiger partial charge >= 0.3 is 0 Å². The molecule has 2 rings (SSSR count). The van der Waals surface area contributed by atoms with Crippen LogP contribution in [-0.2, 0) is 4.79 Å². The van der Waals surface area contributed by atoms with Gasteiger partial charge in [0.05, 0.1) is 27.8 Å². The number of aromatic nitrogens is 1. The van der Waals surface area contributed by atoms with Gasteiger partial charge in [0.15, 0.2) is 0 Å². The molecule has 0 aliphatic heterocycles. The normalized spacial score (nSPS) is 9.91. The molecular formula is C15H12Cl2N4O. The van der Waals surface area contributed by atoms with Crippen LogP contribution in [0.25, 0.3) is 0 Å². The number of para-hydroxylation sites is 1. The summed E-state index contributed by atoms with van der Waals surface area (Å²) >= 11 is 12.0. The monoisotopic (exact) mass is 334 g/mol. The van der Waals surface area contributed by atoms with Crippen LogP contribution in [0.2, 0.25) is 10.0 Å². The Bertz CT molecular complexity index is 722. The zero-order chi connectivity index (χ0) is 16.1. The molecule has 22 heavy (non-hydrogen) atoms. The lowest BCUT2D eigenvalue weighted by atomic mass is 10.2. The molecule has 0 aliphatic carbocycles. The number of pyridine rings is 1. The quantitative estimate of drug-likeness (QED) is 0.930. The Morgan fingerprint density at radius 2 is 2.00 bits per heavy atom. The molecule has 7 heteroatoms. The zero-order valence-electron chi connectivity index (χ0n) is 11.7. The molecular weight excluding hydrogens is 323 g/mol. The lowest BCUT2D eigenvalue weighted by molar-refractivity contribution is -0.114. The van der Waals surface area contributed by atoms with Gasteiger partial charge in [-0.3, -0.25) is 4.79 Å². The number of nitriles is 1. The highest BCUT2D eigenvalue weighted by Crippen LogP contribution is 2.29. The smallest absolute Gasteiger partial charge is 0.244 e. The van der Waals surface area contributed by atoms with Crippen molar-refractivity contribution in [2.24, 2.45) is 0 Å². The van der Waals surface area contributed by atoms with Gasteiger partial charge in [0.25, 0.3) is 0 Å². The first kappa shape index (κ1) is 16.1. The summed E-state index contributed by atoms with van der Waals surface area (Å²) in [7, 11) is 1.68. The van der Waals surface area contributed by atoms with Gasteiger partial charge in [-0.05, 0) is 24.3 Å². The summed E-state index contributed by atoms with van der Waals surface area (Å²) in [4.78, 5) is 17.8. The van der Waals surface area contributed by atoms with E-state index in [1.54, 1.807) is 48.5 Å². The molecule has 1 amide bonds. The van der Waals surface area contributed by atoms with Crippen molar-refractivity contribution in [2.45, 2.75) is 0 Å². The summed E-state index contributed by atoms with van der Waals surface area (Å²) in [6.45, 7) is 0.00719. The molecule has 1 N–H and O–H groups in total. The third kappa shape index (κ3) is 3.67. The van der Waals surface area contributed by atoms with Crippen molar-refractivity contribution in [1.29, 1.82) is 5.26 Å². The van der Waals surface area contributed by atoms with Crippen LogP contribution in [0, 0.1) is 11.3 Å². The Hall–Kier alpha value is -2.29. The van der Waals surface area contributed by atoms with E-state index in [0.29, 0.717) is 27.1 Å². The summed E-state index contributed by atoms with van der Waals surface area (Å²) in [5.41, 5.74) is 0.763. The fourth-order valence-electron chi connectivity index (χ4n) is 1.87. The molecule has 112 valence electrons. The van der Waals surface area contributed by atoms with Crippen LogP contribution in [0.15, 0.2) is 36.5 Å². The van der Waals surface area contributed by atoms with E-state index in [9.17, 15) is 4.79 Å². The lowest BCUT2D eigenvalue weighted by Crippen LogP contribution is -2.31. The maximum atomic E-state index is 12.1. The molecule has 0 aliphatic rings. The molecule has 1 heterocycles. The zero-order valence-corrected chi connectivity index (χ0v) is 13.2. The van der Waals surface area contributed by atoms with Crippen molar-refractivity contribution in [2.75, 3.05) is 23.8 Å². The Morgan fingerprint density at radius 3 is 2.64 bits per heavy atom. The minimum Gasteiger partial charge on any atom is -0.349 e. The van der Waals surface area contributed by atoms with Gasteiger partial charge in [0.2, 0.25) is 5.91 Å². The summed E-state index contributed by atoms with van der Waals surface area (Å²) < 4.78 is 0. The second kappa shape index (κ2) is 7.12. The summed E-state index contributed by atoms with van der Waals surface area (Å²) in [6.07, 6.45) is 1.56. The number of hydrogen-bond donors (Lipinski definition) is 1. The second-order valence-electron chi connectivity index (χ2n) is 4.49. The van der Waals surface area contributed by atoms with Crippen LogP contribution in [0.1, 0.15) is 5.56 Å². The van der Waals surface area contributed by atoms with Gasteiger partial charge in [-0.15, -0.1) is 0 Å². The molecule has 0 atom stereocenters. The van der Waals surface area contributed by atoms with Gasteiger partial charge in [-0.2, -0.15) is 5.26 Å². The van der Waals surface area contributed by atoms with Crippen LogP contribution >= 0.6 is 23.2 Å². The highest BCUT2D eigenvalue weighted by molar-refractivity contribution is 6.39. The summed E-state index contributed by atoms with van der Waals surface area (Å²) in [6, 6.07) is 10.3. The van der Waals surface area contributed by atoms with E-state index in [-0.39, 0.29) is 12.5 Å². The number of anilines is 2. The van der Waals surface area contributed by atoms with Crippen molar-refractivity contribution in [3.8, 4) is 6.07 Å². The van der Waals surface area contributed by atoms with Crippen molar-refractivity contribution in [1.82, 2.24) is 4.98 Å². The Morgan fingerprint density at radius 1 is 1.32 bits per heavy atom. The molecule has 0 saturated heterocycles. The van der Waals surface area contributed by atoms with Crippen LogP contribution in [0.4, 0.5) is 11.5 Å². The predicted octanol–water partition coefficient (Wildman–Crippen LogP) is 3.33. The number of carbonyl (C=O) groups excluding carboxylic acids is 1. The Labute approximate surface area is 138 Å². The van der Waals surface area contributed by atoms with E-state index in [0.717, 1.165) is 0 Å². The van der Waals surface area contributed by atoms with Gasteiger partial charge in [-0.25, -0.2) is 4.98 Å². The number of benzene rings is 1. The highest BCUT2D eigenvalue weighted by atomic mass is 35.5. The fraction of sp³-hybridized carbons (Fsp3) is 0.133. The van der Waals surface area contributed by atoms with Gasteiger partial charge in [-0.1, -0.05) is 29.3 Å². The number of carbonyl (C=O) groups is 1. The number of nitrogens with one attached hydrogen (secondary N) is 1. The van der Waals surface area contributed by atoms with Crippen molar-refractivity contribution in [3.63, 3.8) is 0 Å². The fourth-order valence-corrected chi connectivity index (χ4v) is 2.37. The Kier molecular flexibility index (Phi) is 5.21. The standard InChI is InChI=1S/C15H12Cl2N4O/c1-21(15-10(8-18)4-3-7-19-15)9-13(22)20-14-11(16)5-2-6-12(14)17/h2-7H,9H2,1H3,(H,20,22). The third-order valence-corrected chi connectivity index (χ3v) is 3.51. The van der Waals surface area contributed by atoms with Crippen molar-refractivity contribution >= 4 is 40.6 Å². The predicted molar refractivity (Wildman–Crippen MR) is 87.3 cm³/mol. The van der Waals surface area contributed by atoms with E-state index in [1.807, 2.05) is 6.07 Å². The van der Waals surface area contributed by atoms with E-state index in [2.05, 4.69) is 10.3 Å². The number of nitrogens with zero attached hydrogens (tertiary/aromatic N) is 3. The van der Waals surface area contributed by atoms with Gasteiger partial charge in [0, 0.05) is 13.2 Å². The van der Waals surface area contributed by atoms with Gasteiger partial charge < -0.3 is 10.2 Å². The maximum Gasteiger partial charge on any atom is 0.244 e. The molecule has 1 aromatic carbocycles. The Balaban J connectivity index is 2.11. The first-order valence-corrected chi connectivity index (χ1v) is 7.08.